The summed E-state index contributed by atoms with van der Waals surface area (Å²) in [5, 5.41) is 16.6. The van der Waals surface area contributed by atoms with Crippen LogP contribution in [0.2, 0.25) is 0 Å². The molecule has 6 heteroatoms. The number of carboxylic acids is 1. The lowest BCUT2D eigenvalue weighted by Gasteiger charge is -2.26. The van der Waals surface area contributed by atoms with Crippen LogP contribution in [0.3, 0.4) is 0 Å². The van der Waals surface area contributed by atoms with Crippen LogP contribution in [0.5, 0.6) is 0 Å². The highest BCUT2D eigenvalue weighted by Crippen LogP contribution is 2.44. The molecule has 2 N–H and O–H groups in total. The zero-order valence-electron chi connectivity index (χ0n) is 15.8. The van der Waals surface area contributed by atoms with Crippen LogP contribution < -0.4 is 4.90 Å². The molecule has 0 aliphatic carbocycles. The van der Waals surface area contributed by atoms with Crippen LogP contribution in [0.4, 0.5) is 5.69 Å². The number of carboxylic acid groups (broad SMARTS) is 1. The Balaban J connectivity index is 1.69. The maximum absolute atomic E-state index is 13.4. The molecule has 0 fully saturated rings. The molecule has 0 saturated heterocycles. The first-order chi connectivity index (χ1) is 14.6. The van der Waals surface area contributed by atoms with Gasteiger partial charge in [0.2, 0.25) is 0 Å². The second-order valence-electron chi connectivity index (χ2n) is 7.07. The zero-order chi connectivity index (χ0) is 20.7. The number of carbonyl (C=O) groups is 2. The van der Waals surface area contributed by atoms with Crippen molar-refractivity contribution in [2.24, 2.45) is 0 Å². The van der Waals surface area contributed by atoms with Gasteiger partial charge in [0.15, 0.2) is 0 Å². The Labute approximate surface area is 172 Å². The molecular weight excluding hydrogens is 378 g/mol. The molecule has 1 aliphatic rings. The lowest BCUT2D eigenvalue weighted by Crippen LogP contribution is -2.29. The van der Waals surface area contributed by atoms with Crippen molar-refractivity contribution >= 4 is 17.6 Å². The van der Waals surface area contributed by atoms with E-state index in [-0.39, 0.29) is 17.5 Å². The summed E-state index contributed by atoms with van der Waals surface area (Å²) < 4.78 is 0. The van der Waals surface area contributed by atoms with Crippen molar-refractivity contribution in [3.63, 3.8) is 0 Å². The predicted octanol–water partition coefficient (Wildman–Crippen LogP) is 4.52. The third-order valence-electron chi connectivity index (χ3n) is 5.32. The lowest BCUT2D eigenvalue weighted by atomic mass is 9.96. The maximum Gasteiger partial charge on any atom is 0.335 e. The molecule has 5 rings (SSSR count). The first-order valence-electron chi connectivity index (χ1n) is 9.50. The van der Waals surface area contributed by atoms with Gasteiger partial charge in [-0.2, -0.15) is 5.10 Å². The van der Waals surface area contributed by atoms with Crippen molar-refractivity contribution in [3.8, 4) is 11.3 Å². The number of aromatic nitrogens is 2. The molecule has 0 radical (unpaired) electrons. The second-order valence-corrected chi connectivity index (χ2v) is 7.07. The fraction of sp³-hybridized carbons (Fsp3) is 0.0417. The van der Waals surface area contributed by atoms with E-state index in [9.17, 15) is 14.7 Å². The second kappa shape index (κ2) is 7.00. The number of fused-ring (bicyclic) bond motifs is 1. The van der Waals surface area contributed by atoms with Crippen LogP contribution in [0.15, 0.2) is 84.9 Å². The van der Waals surface area contributed by atoms with Gasteiger partial charge < -0.3 is 5.11 Å². The van der Waals surface area contributed by atoms with Gasteiger partial charge in [0.25, 0.3) is 5.91 Å². The van der Waals surface area contributed by atoms with Gasteiger partial charge >= 0.3 is 5.97 Å². The predicted molar refractivity (Wildman–Crippen MR) is 113 cm³/mol. The summed E-state index contributed by atoms with van der Waals surface area (Å²) in [6.07, 6.45) is 0. The smallest absolute Gasteiger partial charge is 0.335 e. The summed E-state index contributed by atoms with van der Waals surface area (Å²) in [6, 6.07) is 25.5. The molecule has 0 unspecified atom stereocenters. The summed E-state index contributed by atoms with van der Waals surface area (Å²) in [7, 11) is 0. The van der Waals surface area contributed by atoms with Crippen LogP contribution >= 0.6 is 0 Å². The number of anilines is 1. The largest absolute Gasteiger partial charge is 0.478 e. The summed E-state index contributed by atoms with van der Waals surface area (Å²) in [5.41, 5.74) is 4.67. The number of carbonyl (C=O) groups excluding carboxylic acids is 1. The Hall–Kier alpha value is -4.19. The van der Waals surface area contributed by atoms with E-state index >= 15 is 0 Å². The van der Waals surface area contributed by atoms with Gasteiger partial charge in [0.1, 0.15) is 5.69 Å². The molecule has 146 valence electrons. The van der Waals surface area contributed by atoms with E-state index < -0.39 is 5.97 Å². The summed E-state index contributed by atoms with van der Waals surface area (Å²) in [5.74, 6) is -1.20. The Bertz CT molecular complexity index is 1230. The van der Waals surface area contributed by atoms with E-state index in [0.717, 1.165) is 22.4 Å². The van der Waals surface area contributed by atoms with E-state index in [1.54, 1.807) is 17.0 Å². The molecular formula is C24H17N3O3. The van der Waals surface area contributed by atoms with E-state index in [1.807, 2.05) is 60.7 Å². The number of hydrogen-bond donors (Lipinski definition) is 2. The Kier molecular flexibility index (Phi) is 4.17. The molecule has 0 saturated carbocycles. The van der Waals surface area contributed by atoms with Crippen molar-refractivity contribution in [1.29, 1.82) is 0 Å². The SMILES string of the molecule is O=C(O)c1ccc(N2C(=O)c3[nH]nc(-c4ccccc4)c3[C@H]2c2ccccc2)cc1. The minimum Gasteiger partial charge on any atom is -0.478 e. The normalized spacial score (nSPS) is 15.3. The van der Waals surface area contributed by atoms with Gasteiger partial charge in [-0.3, -0.25) is 14.8 Å². The average molecular weight is 395 g/mol. The number of H-pyrrole nitrogens is 1. The average Bonchev–Trinajstić information content (AvgIpc) is 3.34. The van der Waals surface area contributed by atoms with Gasteiger partial charge in [0, 0.05) is 16.8 Å². The molecule has 30 heavy (non-hydrogen) atoms. The number of rotatable bonds is 4. The number of benzene rings is 3. The molecule has 4 aromatic rings. The molecule has 1 amide bonds. The molecule has 6 nitrogen and oxygen atoms in total. The molecule has 0 spiro atoms. The minimum absolute atomic E-state index is 0.173. The van der Waals surface area contributed by atoms with Crippen molar-refractivity contribution in [1.82, 2.24) is 10.2 Å². The van der Waals surface area contributed by atoms with Crippen LogP contribution in [-0.2, 0) is 0 Å². The van der Waals surface area contributed by atoms with Crippen molar-refractivity contribution in [2.45, 2.75) is 6.04 Å². The Morgan fingerprint density at radius 1 is 0.900 bits per heavy atom. The van der Waals surface area contributed by atoms with E-state index in [0.29, 0.717) is 11.4 Å². The van der Waals surface area contributed by atoms with Crippen LogP contribution in [0, 0.1) is 0 Å². The van der Waals surface area contributed by atoms with Crippen molar-refractivity contribution in [2.75, 3.05) is 4.90 Å². The zero-order valence-corrected chi connectivity index (χ0v) is 15.8. The van der Waals surface area contributed by atoms with E-state index in [4.69, 9.17) is 0 Å². The Morgan fingerprint density at radius 2 is 1.53 bits per heavy atom. The third-order valence-corrected chi connectivity index (χ3v) is 5.32. The number of nitrogens with one attached hydrogen (secondary N) is 1. The number of aromatic amines is 1. The molecule has 0 bridgehead atoms. The number of nitrogens with zero attached hydrogens (tertiary/aromatic N) is 2. The molecule has 3 aromatic carbocycles. The van der Waals surface area contributed by atoms with Crippen LogP contribution in [0.1, 0.15) is 38.0 Å². The third kappa shape index (κ3) is 2.78. The summed E-state index contributed by atoms with van der Waals surface area (Å²) >= 11 is 0. The summed E-state index contributed by atoms with van der Waals surface area (Å²) in [6.45, 7) is 0. The van der Waals surface area contributed by atoms with E-state index in [2.05, 4.69) is 10.2 Å². The number of aromatic carboxylic acids is 1. The quantitative estimate of drug-likeness (QED) is 0.532. The summed E-state index contributed by atoms with van der Waals surface area (Å²) in [4.78, 5) is 26.3. The van der Waals surface area contributed by atoms with Gasteiger partial charge in [-0.05, 0) is 29.8 Å². The van der Waals surface area contributed by atoms with Crippen LogP contribution in [-0.4, -0.2) is 27.2 Å². The van der Waals surface area contributed by atoms with Gasteiger partial charge in [0.05, 0.1) is 17.3 Å². The topological polar surface area (TPSA) is 86.3 Å². The number of amides is 1. The van der Waals surface area contributed by atoms with E-state index in [1.165, 1.54) is 12.1 Å². The highest BCUT2D eigenvalue weighted by molar-refractivity contribution is 6.11. The van der Waals surface area contributed by atoms with Crippen molar-refractivity contribution in [3.05, 3.63) is 107 Å². The number of hydrogen-bond acceptors (Lipinski definition) is 3. The fourth-order valence-corrected chi connectivity index (χ4v) is 3.94. The standard InChI is InChI=1S/C24H17N3O3/c28-23-21-19(20(25-26-21)15-7-3-1-4-8-15)22(16-9-5-2-6-10-16)27(23)18-13-11-17(12-14-18)24(29)30/h1-14,22H,(H,25,26)(H,29,30)/t22-/m1/s1. The minimum atomic E-state index is -1.00. The Morgan fingerprint density at radius 3 is 2.17 bits per heavy atom. The molecule has 2 heterocycles. The maximum atomic E-state index is 13.4. The molecule has 1 aromatic heterocycles. The monoisotopic (exact) mass is 395 g/mol. The van der Waals surface area contributed by atoms with Gasteiger partial charge in [-0.15, -0.1) is 0 Å². The highest BCUT2D eigenvalue weighted by Gasteiger charge is 2.43. The van der Waals surface area contributed by atoms with Gasteiger partial charge in [-0.1, -0.05) is 60.7 Å². The fourth-order valence-electron chi connectivity index (χ4n) is 3.94. The van der Waals surface area contributed by atoms with Crippen LogP contribution in [0.25, 0.3) is 11.3 Å². The lowest BCUT2D eigenvalue weighted by molar-refractivity contribution is 0.0696. The van der Waals surface area contributed by atoms with Gasteiger partial charge in [-0.25, -0.2) is 4.79 Å². The van der Waals surface area contributed by atoms with Crippen molar-refractivity contribution < 1.29 is 14.7 Å². The highest BCUT2D eigenvalue weighted by atomic mass is 16.4. The first kappa shape index (κ1) is 17.9. The first-order valence-corrected chi connectivity index (χ1v) is 9.50. The molecule has 1 aliphatic heterocycles. The molecule has 1 atom stereocenters.